The second-order valence-corrected chi connectivity index (χ2v) is 9.66. The third-order valence-corrected chi connectivity index (χ3v) is 7.74. The number of halogens is 2. The molecule has 1 aliphatic heterocycles. The Hall–Kier alpha value is -2.06. The molecule has 160 valence electrons. The topological polar surface area (TPSA) is 52.6 Å². The molecule has 2 aromatic rings. The van der Waals surface area contributed by atoms with E-state index in [0.29, 0.717) is 17.2 Å². The fourth-order valence-electron chi connectivity index (χ4n) is 3.16. The summed E-state index contributed by atoms with van der Waals surface area (Å²) in [5, 5.41) is 0.663. The summed E-state index contributed by atoms with van der Waals surface area (Å²) in [5.74, 6) is -1.35. The van der Waals surface area contributed by atoms with Crippen molar-refractivity contribution in [3.8, 4) is 16.9 Å². The van der Waals surface area contributed by atoms with Crippen LogP contribution in [0.3, 0.4) is 0 Å². The molecule has 0 aromatic heterocycles. The zero-order chi connectivity index (χ0) is 21.5. The molecule has 2 aromatic carbocycles. The molecule has 8 heteroatoms. The zero-order valence-corrected chi connectivity index (χ0v) is 18.1. The third kappa shape index (κ3) is 5.98. The highest BCUT2D eigenvalue weighted by Gasteiger charge is 2.19. The predicted octanol–water partition coefficient (Wildman–Crippen LogP) is 6.04. The van der Waals surface area contributed by atoms with E-state index in [1.165, 1.54) is 43.5 Å². The van der Waals surface area contributed by atoms with Crippen LogP contribution in [0.25, 0.3) is 11.1 Å². The smallest absolute Gasteiger partial charge is 0.341 e. The van der Waals surface area contributed by atoms with E-state index >= 15 is 0 Å². The van der Waals surface area contributed by atoms with Crippen molar-refractivity contribution in [1.82, 2.24) is 0 Å². The first-order valence-corrected chi connectivity index (χ1v) is 12.0. The Morgan fingerprint density at radius 3 is 2.67 bits per heavy atom. The summed E-state index contributed by atoms with van der Waals surface area (Å²) in [4.78, 5) is 24.4. The summed E-state index contributed by atoms with van der Waals surface area (Å²) in [5.41, 5.74) is 0.480. The maximum atomic E-state index is 14.1. The van der Waals surface area contributed by atoms with E-state index in [1.807, 2.05) is 21.6 Å². The molecule has 0 bridgehead atoms. The molecule has 1 aliphatic rings. The summed E-state index contributed by atoms with van der Waals surface area (Å²) >= 11 is 0. The fraction of sp³-hybridized carbons (Fsp3) is 0.364. The second kappa shape index (κ2) is 10.8. The van der Waals surface area contributed by atoms with E-state index in [-0.39, 0.29) is 23.3 Å². The van der Waals surface area contributed by atoms with Crippen LogP contribution in [-0.2, 0) is 9.53 Å². The van der Waals surface area contributed by atoms with Gasteiger partial charge in [-0.05, 0) is 49.1 Å². The summed E-state index contributed by atoms with van der Waals surface area (Å²) in [7, 11) is 5.02. The first-order chi connectivity index (χ1) is 14.5. The summed E-state index contributed by atoms with van der Waals surface area (Å²) in [6.07, 6.45) is 4.20. The van der Waals surface area contributed by atoms with Crippen LogP contribution in [0.15, 0.2) is 36.4 Å². The lowest BCUT2D eigenvalue weighted by atomic mass is 10.0. The Labute approximate surface area is 182 Å². The van der Waals surface area contributed by atoms with Gasteiger partial charge in [0.05, 0.1) is 7.11 Å². The maximum absolute atomic E-state index is 14.1. The molecule has 0 aliphatic carbocycles. The number of rotatable bonds is 8. The number of unbranched alkanes of at least 4 members (excludes halogenated alkanes) is 1. The summed E-state index contributed by atoms with van der Waals surface area (Å²) in [6, 6.07) is 7.50. The van der Waals surface area contributed by atoms with Crippen LogP contribution in [-0.4, -0.2) is 30.1 Å². The molecular weight excluding hydrogens is 430 g/mol. The van der Waals surface area contributed by atoms with Gasteiger partial charge in [-0.3, -0.25) is 4.79 Å². The number of esters is 2. The van der Waals surface area contributed by atoms with Crippen molar-refractivity contribution in [2.75, 3.05) is 12.9 Å². The molecular formula is C22H22F2O4S2. The van der Waals surface area contributed by atoms with Crippen molar-refractivity contribution in [2.45, 2.75) is 37.4 Å². The van der Waals surface area contributed by atoms with Crippen molar-refractivity contribution < 1.29 is 27.8 Å². The van der Waals surface area contributed by atoms with Gasteiger partial charge in [0, 0.05) is 29.1 Å². The minimum absolute atomic E-state index is 0.00598. The monoisotopic (exact) mass is 452 g/mol. The van der Waals surface area contributed by atoms with Crippen LogP contribution in [0.2, 0.25) is 0 Å². The van der Waals surface area contributed by atoms with Gasteiger partial charge in [-0.1, -0.05) is 34.1 Å². The molecule has 1 saturated heterocycles. The van der Waals surface area contributed by atoms with Gasteiger partial charge in [0.2, 0.25) is 0 Å². The Kier molecular flexibility index (Phi) is 8.16. The van der Waals surface area contributed by atoms with Gasteiger partial charge < -0.3 is 9.47 Å². The summed E-state index contributed by atoms with van der Waals surface area (Å²) in [6.45, 7) is 0. The van der Waals surface area contributed by atoms with Crippen LogP contribution in [0.4, 0.5) is 8.78 Å². The molecule has 4 nitrogen and oxygen atoms in total. The number of carbonyl (C=O) groups excluding carboxylic acids is 2. The molecule has 0 radical (unpaired) electrons. The number of hydrogen-bond donors (Lipinski definition) is 0. The van der Waals surface area contributed by atoms with Crippen molar-refractivity contribution in [2.24, 2.45) is 0 Å². The van der Waals surface area contributed by atoms with E-state index in [1.54, 1.807) is 0 Å². The Balaban J connectivity index is 1.67. The highest BCUT2D eigenvalue weighted by Crippen LogP contribution is 2.40. The van der Waals surface area contributed by atoms with E-state index < -0.39 is 23.6 Å². The highest BCUT2D eigenvalue weighted by molar-refractivity contribution is 8.77. The Morgan fingerprint density at radius 1 is 1.13 bits per heavy atom. The molecule has 0 amide bonds. The van der Waals surface area contributed by atoms with Gasteiger partial charge in [0.25, 0.3) is 0 Å². The van der Waals surface area contributed by atoms with Crippen LogP contribution in [0.5, 0.6) is 5.75 Å². The number of methoxy groups -OCH3 is 1. The van der Waals surface area contributed by atoms with Gasteiger partial charge >= 0.3 is 11.9 Å². The second-order valence-electron chi connectivity index (χ2n) is 6.88. The number of ether oxygens (including phenoxy) is 2. The van der Waals surface area contributed by atoms with Crippen LogP contribution >= 0.6 is 21.6 Å². The molecule has 0 unspecified atom stereocenters. The predicted molar refractivity (Wildman–Crippen MR) is 116 cm³/mol. The quantitative estimate of drug-likeness (QED) is 0.211. The lowest BCUT2D eigenvalue weighted by Crippen LogP contribution is -2.12. The molecule has 3 rings (SSSR count). The van der Waals surface area contributed by atoms with E-state index in [0.717, 1.165) is 25.0 Å². The third-order valence-electron chi connectivity index (χ3n) is 4.74. The molecule has 0 saturated carbocycles. The number of benzene rings is 2. The molecule has 0 spiro atoms. The van der Waals surface area contributed by atoms with E-state index in [2.05, 4.69) is 0 Å². The van der Waals surface area contributed by atoms with Crippen molar-refractivity contribution in [3.63, 3.8) is 0 Å². The Bertz CT molecular complexity index is 914. The first kappa shape index (κ1) is 22.6. The lowest BCUT2D eigenvalue weighted by Gasteiger charge is -2.12. The lowest BCUT2D eigenvalue weighted by molar-refractivity contribution is -0.134. The molecule has 1 fully saturated rings. The highest BCUT2D eigenvalue weighted by atomic mass is 33.1. The average molecular weight is 453 g/mol. The zero-order valence-electron chi connectivity index (χ0n) is 16.5. The van der Waals surface area contributed by atoms with Crippen molar-refractivity contribution in [3.05, 3.63) is 53.6 Å². The SMILES string of the molecule is COC(=O)c1cc(-c2ccc(F)cc2F)ccc1OC(=O)CCCC[C@@H]1CCSS1. The summed E-state index contributed by atoms with van der Waals surface area (Å²) < 4.78 is 37.4. The van der Waals surface area contributed by atoms with Crippen LogP contribution in [0, 0.1) is 11.6 Å². The molecule has 0 N–H and O–H groups in total. The minimum Gasteiger partial charge on any atom is -0.465 e. The van der Waals surface area contributed by atoms with Crippen molar-refractivity contribution in [1.29, 1.82) is 0 Å². The average Bonchev–Trinajstić information content (AvgIpc) is 3.25. The maximum Gasteiger partial charge on any atom is 0.341 e. The molecule has 1 atom stereocenters. The van der Waals surface area contributed by atoms with E-state index in [9.17, 15) is 18.4 Å². The Morgan fingerprint density at radius 2 is 1.97 bits per heavy atom. The van der Waals surface area contributed by atoms with Crippen LogP contribution in [0.1, 0.15) is 42.5 Å². The van der Waals surface area contributed by atoms with Crippen LogP contribution < -0.4 is 4.74 Å². The van der Waals surface area contributed by atoms with Crippen molar-refractivity contribution >= 4 is 33.5 Å². The van der Waals surface area contributed by atoms with Gasteiger partial charge in [0.1, 0.15) is 22.9 Å². The molecule has 30 heavy (non-hydrogen) atoms. The van der Waals surface area contributed by atoms with Gasteiger partial charge in [-0.2, -0.15) is 0 Å². The van der Waals surface area contributed by atoms with Gasteiger partial charge in [-0.15, -0.1) is 0 Å². The van der Waals surface area contributed by atoms with Gasteiger partial charge in [0.15, 0.2) is 0 Å². The normalized spacial score (nSPS) is 15.8. The standard InChI is InChI=1S/C22H22F2O4S2/c1-27-22(26)18-12-14(17-8-7-15(23)13-19(17)24)6-9-20(18)28-21(25)5-3-2-4-16-10-11-29-30-16/h6-9,12-13,16H,2-5,10-11H2,1H3/t16-/m1/s1. The first-order valence-electron chi connectivity index (χ1n) is 9.64. The number of hydrogen-bond acceptors (Lipinski definition) is 6. The van der Waals surface area contributed by atoms with E-state index in [4.69, 9.17) is 9.47 Å². The fourth-order valence-corrected chi connectivity index (χ4v) is 6.19. The van der Waals surface area contributed by atoms with Gasteiger partial charge in [-0.25, -0.2) is 13.6 Å². The minimum atomic E-state index is -0.755. The molecule has 1 heterocycles. The number of carbonyl (C=O) groups is 2. The largest absolute Gasteiger partial charge is 0.465 e.